The van der Waals surface area contributed by atoms with Crippen molar-refractivity contribution in [2.75, 3.05) is 24.3 Å². The van der Waals surface area contributed by atoms with Gasteiger partial charge in [-0.3, -0.25) is 19.4 Å². The molecule has 8 heteroatoms. The molecular formula is C22H29N3O4S. The number of anilines is 1. The highest BCUT2D eigenvalue weighted by atomic mass is 32.2. The maximum atomic E-state index is 13.0. The van der Waals surface area contributed by atoms with Gasteiger partial charge in [0, 0.05) is 6.61 Å². The fourth-order valence-electron chi connectivity index (χ4n) is 4.16. The van der Waals surface area contributed by atoms with Gasteiger partial charge in [-0.05, 0) is 50.8 Å². The van der Waals surface area contributed by atoms with E-state index in [1.54, 1.807) is 0 Å². The molecular weight excluding hydrogens is 402 g/mol. The Morgan fingerprint density at radius 3 is 2.73 bits per heavy atom. The van der Waals surface area contributed by atoms with E-state index in [0.717, 1.165) is 30.6 Å². The molecule has 1 fully saturated rings. The molecule has 0 bridgehead atoms. The first-order valence-corrected chi connectivity index (χ1v) is 11.6. The first-order valence-electron chi connectivity index (χ1n) is 10.5. The Kier molecular flexibility index (Phi) is 5.97. The van der Waals surface area contributed by atoms with Crippen LogP contribution < -0.4 is 15.6 Å². The number of nitrogens with zero attached hydrogens (tertiary/aromatic N) is 1. The molecule has 1 amide bonds. The van der Waals surface area contributed by atoms with Crippen molar-refractivity contribution >= 4 is 23.5 Å². The molecule has 0 saturated carbocycles. The van der Waals surface area contributed by atoms with Gasteiger partial charge in [0.25, 0.3) is 5.56 Å². The first kappa shape index (κ1) is 21.1. The highest BCUT2D eigenvalue weighted by Crippen LogP contribution is 2.42. The van der Waals surface area contributed by atoms with Gasteiger partial charge in [-0.15, -0.1) is 11.8 Å². The largest absolute Gasteiger partial charge is 0.494 e. The molecule has 2 atom stereocenters. The molecule has 0 radical (unpaired) electrons. The summed E-state index contributed by atoms with van der Waals surface area (Å²) in [6.45, 7) is 7.47. The van der Waals surface area contributed by atoms with Gasteiger partial charge in [0.1, 0.15) is 11.6 Å². The Hall–Kier alpha value is -2.19. The van der Waals surface area contributed by atoms with Crippen molar-refractivity contribution < 1.29 is 14.3 Å². The molecule has 0 spiro atoms. The summed E-state index contributed by atoms with van der Waals surface area (Å²) >= 11 is 1.47. The first-order chi connectivity index (χ1) is 14.4. The zero-order valence-electron chi connectivity index (χ0n) is 17.7. The van der Waals surface area contributed by atoms with Crippen LogP contribution in [0.25, 0.3) is 0 Å². The van der Waals surface area contributed by atoms with Crippen LogP contribution in [0.5, 0.6) is 5.75 Å². The molecule has 2 aliphatic rings. The molecule has 1 saturated heterocycles. The van der Waals surface area contributed by atoms with Crippen LogP contribution >= 0.6 is 11.8 Å². The van der Waals surface area contributed by atoms with E-state index in [1.807, 2.05) is 28.9 Å². The second-order valence-electron chi connectivity index (χ2n) is 8.48. The number of aromatic amines is 1. The summed E-state index contributed by atoms with van der Waals surface area (Å²) in [5, 5.41) is 5.76. The van der Waals surface area contributed by atoms with Crippen LogP contribution in [0, 0.1) is 0 Å². The monoisotopic (exact) mass is 431 g/mol. The fourth-order valence-corrected chi connectivity index (χ4v) is 5.28. The molecule has 162 valence electrons. The number of ether oxygens (including phenoxy) is 2. The van der Waals surface area contributed by atoms with Crippen LogP contribution in [0.15, 0.2) is 29.1 Å². The molecule has 2 aromatic rings. The van der Waals surface area contributed by atoms with Crippen LogP contribution in [-0.2, 0) is 9.53 Å². The number of carbonyl (C=O) groups is 1. The number of aromatic nitrogens is 2. The predicted molar refractivity (Wildman–Crippen MR) is 119 cm³/mol. The third-order valence-corrected chi connectivity index (χ3v) is 6.83. The van der Waals surface area contributed by atoms with Gasteiger partial charge in [-0.25, -0.2) is 0 Å². The number of carbonyl (C=O) groups excluding carboxylic acids is 1. The number of H-pyrrole nitrogens is 1. The van der Waals surface area contributed by atoms with E-state index in [-0.39, 0.29) is 28.4 Å². The topological polar surface area (TPSA) is 85.4 Å². The molecule has 1 aromatic carbocycles. The smallest absolute Gasteiger partial charge is 0.270 e. The molecule has 2 N–H and O–H groups in total. The predicted octanol–water partition coefficient (Wildman–Crippen LogP) is 3.87. The van der Waals surface area contributed by atoms with Crippen LogP contribution in [0.4, 0.5) is 5.82 Å². The number of fused-ring (bicyclic) bond motifs is 1. The number of hydrogen-bond donors (Lipinski definition) is 2. The minimum Gasteiger partial charge on any atom is -0.494 e. The number of amides is 1. The van der Waals surface area contributed by atoms with Crippen LogP contribution in [-0.4, -0.2) is 40.3 Å². The quantitative estimate of drug-likeness (QED) is 0.751. The van der Waals surface area contributed by atoms with E-state index >= 15 is 0 Å². The van der Waals surface area contributed by atoms with E-state index < -0.39 is 0 Å². The molecule has 0 unspecified atom stereocenters. The summed E-state index contributed by atoms with van der Waals surface area (Å²) < 4.78 is 13.4. The number of thioether (sulfide) groups is 1. The third-order valence-electron chi connectivity index (χ3n) is 5.56. The minimum atomic E-state index is -0.270. The summed E-state index contributed by atoms with van der Waals surface area (Å²) in [6.07, 6.45) is 2.50. The number of hydrogen-bond acceptors (Lipinski definition) is 5. The normalized spacial score (nSPS) is 23.4. The van der Waals surface area contributed by atoms with E-state index in [0.29, 0.717) is 30.3 Å². The van der Waals surface area contributed by atoms with Gasteiger partial charge in [0.15, 0.2) is 0 Å². The average Bonchev–Trinajstić information content (AvgIpc) is 2.91. The Morgan fingerprint density at radius 2 is 2.03 bits per heavy atom. The van der Waals surface area contributed by atoms with Crippen LogP contribution in [0.2, 0.25) is 0 Å². The Bertz CT molecular complexity index is 964. The summed E-state index contributed by atoms with van der Waals surface area (Å²) in [6, 6.07) is 7.89. The van der Waals surface area contributed by atoms with Gasteiger partial charge < -0.3 is 14.8 Å². The molecule has 30 heavy (non-hydrogen) atoms. The summed E-state index contributed by atoms with van der Waals surface area (Å²) in [5.74, 6) is 1.61. The zero-order valence-corrected chi connectivity index (χ0v) is 18.5. The number of nitrogens with one attached hydrogen (secondary N) is 2. The van der Waals surface area contributed by atoms with Crippen molar-refractivity contribution in [1.82, 2.24) is 9.78 Å². The Labute approximate surface area is 180 Å². The van der Waals surface area contributed by atoms with E-state index in [9.17, 15) is 9.59 Å². The molecule has 7 nitrogen and oxygen atoms in total. The molecule has 2 aliphatic heterocycles. The lowest BCUT2D eigenvalue weighted by Crippen LogP contribution is -2.36. The molecule has 4 rings (SSSR count). The lowest BCUT2D eigenvalue weighted by Gasteiger charge is -2.36. The lowest BCUT2D eigenvalue weighted by molar-refractivity contribution is -0.113. The second kappa shape index (κ2) is 8.51. The number of benzene rings is 1. The minimum absolute atomic E-state index is 0.0686. The van der Waals surface area contributed by atoms with Gasteiger partial charge in [-0.2, -0.15) is 0 Å². The van der Waals surface area contributed by atoms with Crippen molar-refractivity contribution in [3.05, 3.63) is 45.7 Å². The van der Waals surface area contributed by atoms with Crippen molar-refractivity contribution in [2.24, 2.45) is 0 Å². The van der Waals surface area contributed by atoms with Gasteiger partial charge in [0.2, 0.25) is 5.91 Å². The summed E-state index contributed by atoms with van der Waals surface area (Å²) in [7, 11) is 0. The maximum absolute atomic E-state index is 13.0. The fraction of sp³-hybridized carbons (Fsp3) is 0.545. The van der Waals surface area contributed by atoms with E-state index in [2.05, 4.69) is 31.2 Å². The van der Waals surface area contributed by atoms with Gasteiger partial charge >= 0.3 is 0 Å². The van der Waals surface area contributed by atoms with Crippen molar-refractivity contribution in [3.63, 3.8) is 0 Å². The van der Waals surface area contributed by atoms with Gasteiger partial charge in [-0.1, -0.05) is 19.1 Å². The maximum Gasteiger partial charge on any atom is 0.270 e. The average molecular weight is 432 g/mol. The standard InChI is InChI=1S/C22H29N3O4S/c1-4-10-28-16-7-5-14(6-8-16)19-18-20(23-17(26)13-30-19)25(24-21(18)27)15-9-11-29-22(2,3)12-15/h5-8,15,19H,4,9-13H2,1-3H3,(H,23,26)(H,24,27)/t15-,19+/m1/s1. The van der Waals surface area contributed by atoms with Crippen molar-refractivity contribution in [1.29, 1.82) is 0 Å². The lowest BCUT2D eigenvalue weighted by atomic mass is 9.94. The summed E-state index contributed by atoms with van der Waals surface area (Å²) in [5.41, 5.74) is 1.17. The Balaban J connectivity index is 1.70. The van der Waals surface area contributed by atoms with Crippen molar-refractivity contribution in [3.8, 4) is 5.75 Å². The van der Waals surface area contributed by atoms with E-state index in [1.165, 1.54) is 11.8 Å². The summed E-state index contributed by atoms with van der Waals surface area (Å²) in [4.78, 5) is 25.5. The zero-order chi connectivity index (χ0) is 21.3. The Morgan fingerprint density at radius 1 is 1.27 bits per heavy atom. The highest BCUT2D eigenvalue weighted by Gasteiger charge is 2.35. The van der Waals surface area contributed by atoms with Crippen LogP contribution in [0.1, 0.15) is 62.5 Å². The second-order valence-corrected chi connectivity index (χ2v) is 9.58. The van der Waals surface area contributed by atoms with Gasteiger partial charge in [0.05, 0.1) is 34.8 Å². The molecule has 0 aliphatic carbocycles. The van der Waals surface area contributed by atoms with Crippen LogP contribution in [0.3, 0.4) is 0 Å². The molecule has 3 heterocycles. The van der Waals surface area contributed by atoms with Crippen molar-refractivity contribution in [2.45, 2.75) is 56.9 Å². The highest BCUT2D eigenvalue weighted by molar-refractivity contribution is 8.00. The third kappa shape index (κ3) is 4.30. The van der Waals surface area contributed by atoms with E-state index in [4.69, 9.17) is 9.47 Å². The number of rotatable bonds is 5. The molecule has 1 aromatic heterocycles. The SMILES string of the molecule is CCCOc1ccc([C@@H]2SCC(=O)Nc3c2c(=O)[nH]n3[C@@H]2CCOC(C)(C)C2)cc1.